The van der Waals surface area contributed by atoms with Gasteiger partial charge in [-0.25, -0.2) is 4.98 Å². The van der Waals surface area contributed by atoms with Gasteiger partial charge in [0.15, 0.2) is 5.82 Å². The number of rotatable bonds is 4. The van der Waals surface area contributed by atoms with Gasteiger partial charge in [0.05, 0.1) is 0 Å². The van der Waals surface area contributed by atoms with Gasteiger partial charge in [-0.15, -0.1) is 0 Å². The zero-order valence-corrected chi connectivity index (χ0v) is 10.1. The van der Waals surface area contributed by atoms with Gasteiger partial charge in [0.25, 0.3) is 0 Å². The Hall–Kier alpha value is -2.11. The number of nitrogens with one attached hydrogen (secondary N) is 2. The average Bonchev–Trinajstić information content (AvgIpc) is 2.63. The quantitative estimate of drug-likeness (QED) is 0.844. The summed E-state index contributed by atoms with van der Waals surface area (Å²) in [5, 5.41) is 10.0. The van der Waals surface area contributed by atoms with Gasteiger partial charge >= 0.3 is 0 Å². The predicted molar refractivity (Wildman–Crippen MR) is 65.3 cm³/mol. The Balaban J connectivity index is 2.10. The molecule has 6 nitrogen and oxygen atoms in total. The molecule has 0 aliphatic rings. The van der Waals surface area contributed by atoms with Gasteiger partial charge in [0, 0.05) is 18.3 Å². The van der Waals surface area contributed by atoms with Gasteiger partial charge in [-0.05, 0) is 26.8 Å². The second-order valence-electron chi connectivity index (χ2n) is 4.01. The summed E-state index contributed by atoms with van der Waals surface area (Å²) in [6, 6.07) is 3.87. The molecule has 2 N–H and O–H groups in total. The van der Waals surface area contributed by atoms with Gasteiger partial charge < -0.3 is 15.2 Å². The number of aryl methyl sites for hydroxylation is 1. The Kier molecular flexibility index (Phi) is 3.22. The number of hydrogen-bond acceptors (Lipinski definition) is 6. The Morgan fingerprint density at radius 1 is 1.29 bits per heavy atom. The number of aromatic nitrogens is 3. The van der Waals surface area contributed by atoms with Crippen LogP contribution >= 0.6 is 0 Å². The smallest absolute Gasteiger partial charge is 0.224 e. The fourth-order valence-electron chi connectivity index (χ4n) is 1.31. The van der Waals surface area contributed by atoms with E-state index >= 15 is 0 Å². The number of anilines is 3. The highest BCUT2D eigenvalue weighted by molar-refractivity contribution is 5.52. The molecule has 0 aromatic carbocycles. The fraction of sp³-hybridized carbons (Fsp3) is 0.364. The van der Waals surface area contributed by atoms with Crippen LogP contribution in [0.4, 0.5) is 17.6 Å². The molecule has 0 unspecified atom stereocenters. The molecule has 0 spiro atoms. The Bertz CT molecular complexity index is 494. The van der Waals surface area contributed by atoms with E-state index in [9.17, 15) is 0 Å². The maximum Gasteiger partial charge on any atom is 0.224 e. The first kappa shape index (κ1) is 11.4. The van der Waals surface area contributed by atoms with Crippen molar-refractivity contribution in [2.45, 2.75) is 26.8 Å². The molecule has 2 aromatic rings. The first-order valence-corrected chi connectivity index (χ1v) is 5.43. The molecular formula is C11H15N5O. The fourth-order valence-corrected chi connectivity index (χ4v) is 1.31. The Labute approximate surface area is 99.5 Å². The molecule has 2 aromatic heterocycles. The number of hydrogen-bond donors (Lipinski definition) is 2. The van der Waals surface area contributed by atoms with Crippen molar-refractivity contribution in [3.63, 3.8) is 0 Å². The summed E-state index contributed by atoms with van der Waals surface area (Å²) in [5.41, 5.74) is 0. The van der Waals surface area contributed by atoms with Crippen LogP contribution < -0.4 is 10.6 Å². The van der Waals surface area contributed by atoms with Crippen LogP contribution in [0.1, 0.15) is 19.6 Å². The third-order valence-corrected chi connectivity index (χ3v) is 1.96. The molecule has 90 valence electrons. The van der Waals surface area contributed by atoms with Crippen molar-refractivity contribution in [2.24, 2.45) is 0 Å². The van der Waals surface area contributed by atoms with Crippen LogP contribution in [0.2, 0.25) is 0 Å². The standard InChI is InChI=1S/C11H15N5O/c1-7(2)13-11-12-5-4-9(15-11)14-10-6-8(3)17-16-10/h4-7H,1-3H3,(H2,12,13,14,15,16). The topological polar surface area (TPSA) is 75.9 Å². The van der Waals surface area contributed by atoms with Crippen molar-refractivity contribution in [3.8, 4) is 0 Å². The predicted octanol–water partition coefficient (Wildman–Crippen LogP) is 2.34. The molecule has 0 amide bonds. The monoisotopic (exact) mass is 233 g/mol. The van der Waals surface area contributed by atoms with Gasteiger partial charge in [0.1, 0.15) is 11.6 Å². The molecule has 0 bridgehead atoms. The third kappa shape index (κ3) is 3.17. The highest BCUT2D eigenvalue weighted by Gasteiger charge is 2.03. The lowest BCUT2D eigenvalue weighted by molar-refractivity contribution is 0.400. The van der Waals surface area contributed by atoms with E-state index in [1.807, 2.05) is 20.8 Å². The molecule has 0 radical (unpaired) electrons. The highest BCUT2D eigenvalue weighted by Crippen LogP contribution is 2.14. The van der Waals surface area contributed by atoms with E-state index in [-0.39, 0.29) is 0 Å². The Morgan fingerprint density at radius 3 is 2.76 bits per heavy atom. The van der Waals surface area contributed by atoms with Crippen LogP contribution in [0, 0.1) is 6.92 Å². The highest BCUT2D eigenvalue weighted by atomic mass is 16.5. The van der Waals surface area contributed by atoms with E-state index in [0.717, 1.165) is 5.76 Å². The largest absolute Gasteiger partial charge is 0.360 e. The third-order valence-electron chi connectivity index (χ3n) is 1.96. The summed E-state index contributed by atoms with van der Waals surface area (Å²) in [6.45, 7) is 5.90. The average molecular weight is 233 g/mol. The lowest BCUT2D eigenvalue weighted by Crippen LogP contribution is -2.12. The Morgan fingerprint density at radius 2 is 2.12 bits per heavy atom. The van der Waals surface area contributed by atoms with Crippen molar-refractivity contribution in [2.75, 3.05) is 10.6 Å². The summed E-state index contributed by atoms with van der Waals surface area (Å²) in [4.78, 5) is 8.42. The van der Waals surface area contributed by atoms with Gasteiger partial charge in [0.2, 0.25) is 5.95 Å². The first-order chi connectivity index (χ1) is 8.13. The molecule has 0 fully saturated rings. The molecule has 0 saturated carbocycles. The molecule has 0 aliphatic heterocycles. The van der Waals surface area contributed by atoms with E-state index in [1.54, 1.807) is 18.3 Å². The van der Waals surface area contributed by atoms with Crippen LogP contribution in [0.5, 0.6) is 0 Å². The molecule has 2 rings (SSSR count). The first-order valence-electron chi connectivity index (χ1n) is 5.43. The van der Waals surface area contributed by atoms with Crippen molar-refractivity contribution in [3.05, 3.63) is 24.1 Å². The zero-order chi connectivity index (χ0) is 12.3. The van der Waals surface area contributed by atoms with Crippen molar-refractivity contribution < 1.29 is 4.52 Å². The van der Waals surface area contributed by atoms with Crippen LogP contribution in [0.15, 0.2) is 22.9 Å². The lowest BCUT2D eigenvalue weighted by Gasteiger charge is -2.08. The molecule has 0 atom stereocenters. The summed E-state index contributed by atoms with van der Waals surface area (Å²) in [7, 11) is 0. The van der Waals surface area contributed by atoms with Crippen LogP contribution in [0.25, 0.3) is 0 Å². The van der Waals surface area contributed by atoms with E-state index in [1.165, 1.54) is 0 Å². The van der Waals surface area contributed by atoms with E-state index < -0.39 is 0 Å². The molecule has 6 heteroatoms. The molecule has 0 aliphatic carbocycles. The minimum atomic E-state index is 0.291. The minimum Gasteiger partial charge on any atom is -0.360 e. The van der Waals surface area contributed by atoms with Crippen molar-refractivity contribution >= 4 is 17.6 Å². The maximum absolute atomic E-state index is 4.96. The van der Waals surface area contributed by atoms with Crippen LogP contribution in [-0.4, -0.2) is 21.2 Å². The van der Waals surface area contributed by atoms with Crippen LogP contribution in [0.3, 0.4) is 0 Å². The van der Waals surface area contributed by atoms with Gasteiger partial charge in [-0.1, -0.05) is 5.16 Å². The second kappa shape index (κ2) is 4.82. The van der Waals surface area contributed by atoms with Gasteiger partial charge in [-0.3, -0.25) is 0 Å². The molecule has 2 heterocycles. The summed E-state index contributed by atoms with van der Waals surface area (Å²) < 4.78 is 4.96. The van der Waals surface area contributed by atoms with Crippen molar-refractivity contribution in [1.82, 2.24) is 15.1 Å². The molecular weight excluding hydrogens is 218 g/mol. The lowest BCUT2D eigenvalue weighted by atomic mass is 10.4. The minimum absolute atomic E-state index is 0.291. The van der Waals surface area contributed by atoms with Gasteiger partial charge in [-0.2, -0.15) is 4.98 Å². The van der Waals surface area contributed by atoms with E-state index in [0.29, 0.717) is 23.6 Å². The summed E-state index contributed by atoms with van der Waals surface area (Å²) in [5.74, 6) is 2.65. The maximum atomic E-state index is 4.96. The second-order valence-corrected chi connectivity index (χ2v) is 4.01. The van der Waals surface area contributed by atoms with E-state index in [2.05, 4.69) is 25.8 Å². The van der Waals surface area contributed by atoms with Crippen LogP contribution in [-0.2, 0) is 0 Å². The normalized spacial score (nSPS) is 10.6. The van der Waals surface area contributed by atoms with E-state index in [4.69, 9.17) is 4.52 Å². The molecule has 0 saturated heterocycles. The zero-order valence-electron chi connectivity index (χ0n) is 10.1. The SMILES string of the molecule is Cc1cc(Nc2ccnc(NC(C)C)n2)no1. The number of nitrogens with zero attached hydrogens (tertiary/aromatic N) is 3. The summed E-state index contributed by atoms with van der Waals surface area (Å²) >= 11 is 0. The molecule has 17 heavy (non-hydrogen) atoms. The van der Waals surface area contributed by atoms with Crippen molar-refractivity contribution in [1.29, 1.82) is 0 Å². The summed E-state index contributed by atoms with van der Waals surface area (Å²) in [6.07, 6.45) is 1.69.